The Bertz CT molecular complexity index is 422. The summed E-state index contributed by atoms with van der Waals surface area (Å²) < 4.78 is 26.6. The molecule has 0 aromatic heterocycles. The number of rotatable bonds is 7. The van der Waals surface area contributed by atoms with E-state index in [0.717, 1.165) is 25.0 Å². The monoisotopic (exact) mass is 257 g/mol. The highest BCUT2D eigenvalue weighted by molar-refractivity contribution is 5.66. The van der Waals surface area contributed by atoms with Gasteiger partial charge in [0, 0.05) is 19.0 Å². The molecule has 18 heavy (non-hydrogen) atoms. The summed E-state index contributed by atoms with van der Waals surface area (Å²) in [5, 5.41) is 11.2. The number of anilines is 1. The minimum absolute atomic E-state index is 0.146. The molecular formula is C13H17F2NO2. The molecule has 0 aliphatic heterocycles. The predicted molar refractivity (Wildman–Crippen MR) is 65.7 cm³/mol. The molecule has 0 fully saturated rings. The van der Waals surface area contributed by atoms with Crippen molar-refractivity contribution < 1.29 is 18.7 Å². The first-order valence-corrected chi connectivity index (χ1v) is 5.92. The second kappa shape index (κ2) is 6.93. The van der Waals surface area contributed by atoms with Crippen LogP contribution < -0.4 is 5.32 Å². The zero-order valence-electron chi connectivity index (χ0n) is 10.3. The minimum Gasteiger partial charge on any atom is -0.481 e. The summed E-state index contributed by atoms with van der Waals surface area (Å²) in [4.78, 5) is 10.3. The third-order valence-electron chi connectivity index (χ3n) is 2.63. The average molecular weight is 257 g/mol. The molecule has 1 aromatic carbocycles. The van der Waals surface area contributed by atoms with E-state index < -0.39 is 17.6 Å². The Morgan fingerprint density at radius 2 is 1.94 bits per heavy atom. The van der Waals surface area contributed by atoms with Crippen molar-refractivity contribution in [3.05, 3.63) is 29.3 Å². The van der Waals surface area contributed by atoms with Gasteiger partial charge in [0.15, 0.2) is 0 Å². The van der Waals surface area contributed by atoms with Crippen LogP contribution in [0.15, 0.2) is 12.1 Å². The van der Waals surface area contributed by atoms with Gasteiger partial charge in [0.2, 0.25) is 0 Å². The van der Waals surface area contributed by atoms with Crippen LogP contribution in [-0.4, -0.2) is 17.6 Å². The molecule has 0 saturated heterocycles. The molecule has 0 unspecified atom stereocenters. The number of nitrogens with one attached hydrogen (secondary N) is 1. The minimum atomic E-state index is -0.811. The number of hydrogen-bond donors (Lipinski definition) is 2. The van der Waals surface area contributed by atoms with Crippen molar-refractivity contribution in [1.82, 2.24) is 0 Å². The van der Waals surface area contributed by atoms with E-state index in [1.807, 2.05) is 0 Å². The Hall–Kier alpha value is -1.65. The maximum Gasteiger partial charge on any atom is 0.303 e. The molecule has 1 rings (SSSR count). The van der Waals surface area contributed by atoms with Crippen LogP contribution >= 0.6 is 0 Å². The van der Waals surface area contributed by atoms with E-state index in [1.54, 1.807) is 0 Å². The van der Waals surface area contributed by atoms with Crippen molar-refractivity contribution in [1.29, 1.82) is 0 Å². The zero-order chi connectivity index (χ0) is 13.5. The first-order chi connectivity index (χ1) is 8.50. The van der Waals surface area contributed by atoms with E-state index in [-0.39, 0.29) is 17.7 Å². The van der Waals surface area contributed by atoms with Crippen LogP contribution in [0.4, 0.5) is 14.5 Å². The van der Waals surface area contributed by atoms with Crippen LogP contribution in [0.5, 0.6) is 0 Å². The van der Waals surface area contributed by atoms with Gasteiger partial charge in [-0.3, -0.25) is 4.79 Å². The number of carbonyl (C=O) groups is 1. The highest BCUT2D eigenvalue weighted by Gasteiger charge is 2.06. The quantitative estimate of drug-likeness (QED) is 0.736. The van der Waals surface area contributed by atoms with Crippen LogP contribution in [0.3, 0.4) is 0 Å². The van der Waals surface area contributed by atoms with Crippen molar-refractivity contribution in [2.75, 3.05) is 11.9 Å². The van der Waals surface area contributed by atoms with Gasteiger partial charge in [0.25, 0.3) is 0 Å². The summed E-state index contributed by atoms with van der Waals surface area (Å²) in [7, 11) is 0. The van der Waals surface area contributed by atoms with Gasteiger partial charge in [-0.05, 0) is 31.4 Å². The second-order valence-corrected chi connectivity index (χ2v) is 4.21. The number of aliphatic carboxylic acids is 1. The molecule has 100 valence electrons. The summed E-state index contributed by atoms with van der Waals surface area (Å²) in [5.41, 5.74) is 0.427. The van der Waals surface area contributed by atoms with Gasteiger partial charge in [0.05, 0.1) is 5.69 Å². The molecule has 0 aliphatic carbocycles. The highest BCUT2D eigenvalue weighted by Crippen LogP contribution is 2.18. The van der Waals surface area contributed by atoms with Crippen molar-refractivity contribution in [2.45, 2.75) is 32.6 Å². The Morgan fingerprint density at radius 3 is 2.61 bits per heavy atom. The third kappa shape index (κ3) is 4.69. The molecule has 0 saturated carbocycles. The molecular weight excluding hydrogens is 240 g/mol. The van der Waals surface area contributed by atoms with Crippen molar-refractivity contribution in [3.63, 3.8) is 0 Å². The van der Waals surface area contributed by atoms with Crippen LogP contribution in [0.1, 0.15) is 31.2 Å². The molecule has 0 heterocycles. The van der Waals surface area contributed by atoms with Crippen LogP contribution in [0.2, 0.25) is 0 Å². The zero-order valence-corrected chi connectivity index (χ0v) is 10.3. The molecule has 1 aromatic rings. The summed E-state index contributed by atoms with van der Waals surface area (Å²) in [6, 6.07) is 2.30. The van der Waals surface area contributed by atoms with E-state index in [9.17, 15) is 13.6 Å². The van der Waals surface area contributed by atoms with Gasteiger partial charge in [-0.2, -0.15) is 0 Å². The lowest BCUT2D eigenvalue weighted by molar-refractivity contribution is -0.137. The fraction of sp³-hybridized carbons (Fsp3) is 0.462. The Kier molecular flexibility index (Phi) is 5.55. The second-order valence-electron chi connectivity index (χ2n) is 4.21. The number of unbranched alkanes of at least 4 members (excludes halogenated alkanes) is 2. The number of hydrogen-bond acceptors (Lipinski definition) is 2. The maximum atomic E-state index is 13.4. The molecule has 0 aliphatic rings. The number of carboxylic acids is 1. The Morgan fingerprint density at radius 1 is 1.22 bits per heavy atom. The molecule has 0 spiro atoms. The van der Waals surface area contributed by atoms with E-state index in [1.165, 1.54) is 6.92 Å². The Balaban J connectivity index is 2.31. The highest BCUT2D eigenvalue weighted by atomic mass is 19.1. The largest absolute Gasteiger partial charge is 0.481 e. The molecule has 3 nitrogen and oxygen atoms in total. The van der Waals surface area contributed by atoms with E-state index in [0.29, 0.717) is 13.0 Å². The normalized spacial score (nSPS) is 10.4. The predicted octanol–water partition coefficient (Wildman–Crippen LogP) is 3.33. The fourth-order valence-corrected chi connectivity index (χ4v) is 1.58. The lowest BCUT2D eigenvalue weighted by atomic mass is 10.2. The van der Waals surface area contributed by atoms with Crippen molar-refractivity contribution >= 4 is 11.7 Å². The van der Waals surface area contributed by atoms with Gasteiger partial charge in [-0.15, -0.1) is 0 Å². The van der Waals surface area contributed by atoms with Crippen LogP contribution in [0.25, 0.3) is 0 Å². The van der Waals surface area contributed by atoms with Gasteiger partial charge >= 0.3 is 5.97 Å². The molecule has 2 N–H and O–H groups in total. The van der Waals surface area contributed by atoms with Crippen LogP contribution in [-0.2, 0) is 4.79 Å². The lowest BCUT2D eigenvalue weighted by Crippen LogP contribution is -2.05. The average Bonchev–Trinajstić information content (AvgIpc) is 2.29. The first-order valence-electron chi connectivity index (χ1n) is 5.92. The summed E-state index contributed by atoms with van der Waals surface area (Å²) in [6.07, 6.45) is 2.22. The number of carboxylic acid groups (broad SMARTS) is 1. The molecule has 0 radical (unpaired) electrons. The number of aryl methyl sites for hydroxylation is 1. The SMILES string of the molecule is Cc1cc(F)c(NCCCCCC(=O)O)cc1F. The van der Waals surface area contributed by atoms with Crippen LogP contribution in [0, 0.1) is 18.6 Å². The van der Waals surface area contributed by atoms with E-state index in [2.05, 4.69) is 5.32 Å². The fourth-order valence-electron chi connectivity index (χ4n) is 1.58. The topological polar surface area (TPSA) is 49.3 Å². The Labute approximate surface area is 105 Å². The summed E-state index contributed by atoms with van der Waals surface area (Å²) in [5.74, 6) is -1.72. The first kappa shape index (κ1) is 14.4. The third-order valence-corrected chi connectivity index (χ3v) is 2.63. The molecule has 0 atom stereocenters. The summed E-state index contributed by atoms with van der Waals surface area (Å²) >= 11 is 0. The van der Waals surface area contributed by atoms with E-state index in [4.69, 9.17) is 5.11 Å². The molecule has 0 amide bonds. The van der Waals surface area contributed by atoms with Crippen molar-refractivity contribution in [3.8, 4) is 0 Å². The van der Waals surface area contributed by atoms with Gasteiger partial charge in [0.1, 0.15) is 11.6 Å². The smallest absolute Gasteiger partial charge is 0.303 e. The van der Waals surface area contributed by atoms with Gasteiger partial charge in [-0.1, -0.05) is 6.42 Å². The van der Waals surface area contributed by atoms with Gasteiger partial charge in [-0.25, -0.2) is 8.78 Å². The standard InChI is InChI=1S/C13H17F2NO2/c1-9-7-11(15)12(8-10(9)14)16-6-4-2-3-5-13(17)18/h7-8,16H,2-6H2,1H3,(H,17,18). The van der Waals surface area contributed by atoms with Gasteiger partial charge < -0.3 is 10.4 Å². The summed E-state index contributed by atoms with van der Waals surface area (Å²) in [6.45, 7) is 2.01. The van der Waals surface area contributed by atoms with Crippen molar-refractivity contribution in [2.24, 2.45) is 0 Å². The number of benzene rings is 1. The molecule has 0 bridgehead atoms. The molecule has 5 heteroatoms. The maximum absolute atomic E-state index is 13.4. The van der Waals surface area contributed by atoms with E-state index >= 15 is 0 Å². The number of halogens is 2. The lowest BCUT2D eigenvalue weighted by Gasteiger charge is -2.08.